The molecule has 0 radical (unpaired) electrons. The van der Waals surface area contributed by atoms with E-state index in [1.54, 1.807) is 0 Å². The quantitative estimate of drug-likeness (QED) is 0.705. The van der Waals surface area contributed by atoms with Crippen LogP contribution in [0.2, 0.25) is 0 Å². The highest BCUT2D eigenvalue weighted by atomic mass is 19.1. The zero-order valence-corrected chi connectivity index (χ0v) is 13.6. The topological polar surface area (TPSA) is 3.24 Å². The molecule has 22 heavy (non-hydrogen) atoms. The van der Waals surface area contributed by atoms with Crippen LogP contribution in [0.25, 0.3) is 16.7 Å². The first-order valence-electron chi connectivity index (χ1n) is 7.89. The van der Waals surface area contributed by atoms with Crippen molar-refractivity contribution in [2.24, 2.45) is 0 Å². The monoisotopic (exact) mass is 297 g/mol. The summed E-state index contributed by atoms with van der Waals surface area (Å²) in [5.74, 6) is -0.199. The minimum Gasteiger partial charge on any atom is -0.300 e. The normalized spacial score (nSPS) is 12.0. The third kappa shape index (κ3) is 4.28. The summed E-state index contributed by atoms with van der Waals surface area (Å²) in [6, 6.07) is 15.1. The third-order valence-electron chi connectivity index (χ3n) is 4.07. The summed E-state index contributed by atoms with van der Waals surface area (Å²) in [5.41, 5.74) is 4.67. The molecule has 0 spiro atoms. The summed E-state index contributed by atoms with van der Waals surface area (Å²) in [6.45, 7) is 9.65. The van der Waals surface area contributed by atoms with Gasteiger partial charge in [-0.2, -0.15) is 0 Å². The van der Waals surface area contributed by atoms with Gasteiger partial charge in [-0.25, -0.2) is 4.39 Å². The lowest BCUT2D eigenvalue weighted by atomic mass is 10.0. The minimum atomic E-state index is -0.199. The molecule has 2 rings (SSSR count). The van der Waals surface area contributed by atoms with Gasteiger partial charge in [-0.05, 0) is 54.4 Å². The summed E-state index contributed by atoms with van der Waals surface area (Å²) in [6.07, 6.45) is 2.28. The Hall–Kier alpha value is -1.93. The van der Waals surface area contributed by atoms with Gasteiger partial charge in [-0.1, -0.05) is 56.3 Å². The molecule has 2 heteroatoms. The van der Waals surface area contributed by atoms with E-state index >= 15 is 0 Å². The van der Waals surface area contributed by atoms with Crippen molar-refractivity contribution in [2.75, 3.05) is 19.6 Å². The standard InChI is InChI=1S/C20H24FN/c1-4-22(5-2)15-14-16(3)17-6-8-18(9-7-17)19-10-12-20(21)13-11-19/h6-14H,4-5,15H2,1-3H3. The smallest absolute Gasteiger partial charge is 0.123 e. The van der Waals surface area contributed by atoms with E-state index in [9.17, 15) is 4.39 Å². The van der Waals surface area contributed by atoms with Crippen LogP contribution in [0.5, 0.6) is 0 Å². The van der Waals surface area contributed by atoms with Gasteiger partial charge in [0.2, 0.25) is 0 Å². The van der Waals surface area contributed by atoms with Gasteiger partial charge in [-0.3, -0.25) is 0 Å². The van der Waals surface area contributed by atoms with Crippen molar-refractivity contribution in [3.8, 4) is 11.1 Å². The minimum absolute atomic E-state index is 0.199. The van der Waals surface area contributed by atoms with Crippen molar-refractivity contribution in [2.45, 2.75) is 20.8 Å². The van der Waals surface area contributed by atoms with Gasteiger partial charge in [0.25, 0.3) is 0 Å². The first-order valence-corrected chi connectivity index (χ1v) is 7.89. The molecule has 0 heterocycles. The van der Waals surface area contributed by atoms with Gasteiger partial charge in [0.05, 0.1) is 0 Å². The first kappa shape index (κ1) is 16.4. The molecule has 0 N–H and O–H groups in total. The number of halogens is 1. The highest BCUT2D eigenvalue weighted by molar-refractivity contribution is 5.69. The molecule has 0 saturated heterocycles. The third-order valence-corrected chi connectivity index (χ3v) is 4.07. The maximum atomic E-state index is 13.0. The summed E-state index contributed by atoms with van der Waals surface area (Å²) >= 11 is 0. The molecule has 0 atom stereocenters. The van der Waals surface area contributed by atoms with Gasteiger partial charge >= 0.3 is 0 Å². The van der Waals surface area contributed by atoms with Crippen LogP contribution in [0.1, 0.15) is 26.3 Å². The van der Waals surface area contributed by atoms with Crippen LogP contribution in [-0.2, 0) is 0 Å². The Balaban J connectivity index is 2.11. The lowest BCUT2D eigenvalue weighted by molar-refractivity contribution is 0.337. The van der Waals surface area contributed by atoms with Crippen molar-refractivity contribution in [1.29, 1.82) is 0 Å². The zero-order chi connectivity index (χ0) is 15.9. The molecule has 0 aliphatic heterocycles. The first-order chi connectivity index (χ1) is 10.6. The van der Waals surface area contributed by atoms with Gasteiger partial charge in [0.15, 0.2) is 0 Å². The van der Waals surface area contributed by atoms with E-state index in [-0.39, 0.29) is 5.82 Å². The summed E-state index contributed by atoms with van der Waals surface area (Å²) in [4.78, 5) is 2.39. The van der Waals surface area contributed by atoms with Crippen LogP contribution in [0.15, 0.2) is 54.6 Å². The number of hydrogen-bond donors (Lipinski definition) is 0. The molecule has 0 bridgehead atoms. The fourth-order valence-electron chi connectivity index (χ4n) is 2.43. The van der Waals surface area contributed by atoms with Gasteiger partial charge in [0, 0.05) is 6.54 Å². The van der Waals surface area contributed by atoms with Crippen molar-refractivity contribution in [3.63, 3.8) is 0 Å². The second-order valence-electron chi connectivity index (χ2n) is 5.46. The number of hydrogen-bond acceptors (Lipinski definition) is 1. The molecule has 116 valence electrons. The van der Waals surface area contributed by atoms with E-state index in [0.717, 1.165) is 30.8 Å². The number of benzene rings is 2. The van der Waals surface area contributed by atoms with Crippen LogP contribution < -0.4 is 0 Å². The summed E-state index contributed by atoms with van der Waals surface area (Å²) < 4.78 is 13.0. The maximum Gasteiger partial charge on any atom is 0.123 e. The van der Waals surface area contributed by atoms with Crippen molar-refractivity contribution in [3.05, 3.63) is 66.0 Å². The number of nitrogens with zero attached hydrogens (tertiary/aromatic N) is 1. The number of allylic oxidation sites excluding steroid dienone is 1. The average Bonchev–Trinajstić information content (AvgIpc) is 2.56. The van der Waals surface area contributed by atoms with E-state index in [4.69, 9.17) is 0 Å². The van der Waals surface area contributed by atoms with Crippen LogP contribution in [-0.4, -0.2) is 24.5 Å². The molecular formula is C20H24FN. The second kappa shape index (κ2) is 7.90. The van der Waals surface area contributed by atoms with Crippen molar-refractivity contribution < 1.29 is 4.39 Å². The van der Waals surface area contributed by atoms with E-state index in [1.807, 2.05) is 12.1 Å². The molecule has 0 amide bonds. The average molecular weight is 297 g/mol. The molecule has 0 unspecified atom stereocenters. The Morgan fingerprint density at radius 1 is 0.909 bits per heavy atom. The van der Waals surface area contributed by atoms with Gasteiger partial charge in [0.1, 0.15) is 5.82 Å². The van der Waals surface area contributed by atoms with Crippen molar-refractivity contribution in [1.82, 2.24) is 4.90 Å². The van der Waals surface area contributed by atoms with E-state index in [0.29, 0.717) is 0 Å². The molecule has 0 aliphatic carbocycles. The predicted octanol–water partition coefficient (Wildman–Crippen LogP) is 5.24. The van der Waals surface area contributed by atoms with E-state index < -0.39 is 0 Å². The number of rotatable bonds is 6. The predicted molar refractivity (Wildman–Crippen MR) is 93.3 cm³/mol. The fourth-order valence-corrected chi connectivity index (χ4v) is 2.43. The van der Waals surface area contributed by atoms with E-state index in [1.165, 1.54) is 23.3 Å². The Morgan fingerprint density at radius 2 is 1.41 bits per heavy atom. The Morgan fingerprint density at radius 3 is 1.91 bits per heavy atom. The van der Waals surface area contributed by atoms with E-state index in [2.05, 4.69) is 56.0 Å². The maximum absolute atomic E-state index is 13.0. The van der Waals surface area contributed by atoms with Gasteiger partial charge < -0.3 is 4.90 Å². The molecule has 0 fully saturated rings. The van der Waals surface area contributed by atoms with Crippen LogP contribution >= 0.6 is 0 Å². The Kier molecular flexibility index (Phi) is 5.91. The Bertz CT molecular complexity index is 607. The molecule has 0 saturated carbocycles. The second-order valence-corrected chi connectivity index (χ2v) is 5.46. The SMILES string of the molecule is CCN(CC)CC=C(C)c1ccc(-c2ccc(F)cc2)cc1. The van der Waals surface area contributed by atoms with Crippen LogP contribution in [0.3, 0.4) is 0 Å². The fraction of sp³-hybridized carbons (Fsp3) is 0.300. The lowest BCUT2D eigenvalue weighted by Crippen LogP contribution is -2.22. The molecule has 2 aromatic carbocycles. The largest absolute Gasteiger partial charge is 0.300 e. The molecule has 0 aliphatic rings. The molecular weight excluding hydrogens is 273 g/mol. The highest BCUT2D eigenvalue weighted by Crippen LogP contribution is 2.22. The van der Waals surface area contributed by atoms with Crippen LogP contribution in [0, 0.1) is 5.82 Å². The highest BCUT2D eigenvalue weighted by Gasteiger charge is 2.01. The summed E-state index contributed by atoms with van der Waals surface area (Å²) in [7, 11) is 0. The summed E-state index contributed by atoms with van der Waals surface area (Å²) in [5, 5.41) is 0. The molecule has 2 aromatic rings. The lowest BCUT2D eigenvalue weighted by Gasteiger charge is -2.16. The molecule has 0 aromatic heterocycles. The van der Waals surface area contributed by atoms with Crippen LogP contribution in [0.4, 0.5) is 4.39 Å². The molecule has 1 nitrogen and oxygen atoms in total. The van der Waals surface area contributed by atoms with Gasteiger partial charge in [-0.15, -0.1) is 0 Å². The number of likely N-dealkylation sites (N-methyl/N-ethyl adjacent to an activating group) is 1. The Labute approximate surface area is 133 Å². The van der Waals surface area contributed by atoms with Crippen molar-refractivity contribution >= 4 is 5.57 Å². The zero-order valence-electron chi connectivity index (χ0n) is 13.6.